The maximum Gasteiger partial charge on any atom is 0.255 e. The Bertz CT molecular complexity index is 688. The van der Waals surface area contributed by atoms with Crippen molar-refractivity contribution in [2.75, 3.05) is 10.7 Å². The van der Waals surface area contributed by atoms with Gasteiger partial charge in [0.15, 0.2) is 0 Å². The molecule has 0 bridgehead atoms. The number of aryl methyl sites for hydroxylation is 1. The van der Waals surface area contributed by atoms with Crippen LogP contribution in [0.5, 0.6) is 0 Å². The summed E-state index contributed by atoms with van der Waals surface area (Å²) in [5, 5.41) is 2.72. The van der Waals surface area contributed by atoms with Gasteiger partial charge in [-0.2, -0.15) is 0 Å². The number of rotatable bonds is 3. The van der Waals surface area contributed by atoms with E-state index in [1.54, 1.807) is 13.0 Å². The number of nitrogen functional groups attached to an aromatic ring is 1. The van der Waals surface area contributed by atoms with E-state index >= 15 is 0 Å². The monoisotopic (exact) mass is 372 g/mol. The number of amides is 1. The van der Waals surface area contributed by atoms with Gasteiger partial charge >= 0.3 is 0 Å². The number of nitrogens with one attached hydrogen (secondary N) is 2. The van der Waals surface area contributed by atoms with Crippen LogP contribution >= 0.6 is 27.5 Å². The minimum Gasteiger partial charge on any atom is -0.320 e. The molecule has 8 heteroatoms. The number of benzene rings is 1. The summed E-state index contributed by atoms with van der Waals surface area (Å²) in [6.07, 6.45) is 0. The molecule has 0 atom stereocenters. The number of pyridine rings is 1. The molecule has 2 aromatic rings. The lowest BCUT2D eigenvalue weighted by atomic mass is 10.2. The Labute approximate surface area is 133 Å². The van der Waals surface area contributed by atoms with Gasteiger partial charge in [0.25, 0.3) is 5.91 Å². The molecule has 0 radical (unpaired) electrons. The number of carbonyl (C=O) groups is 1. The Balaban J connectivity index is 2.32. The average Bonchev–Trinajstić information content (AvgIpc) is 2.41. The van der Waals surface area contributed by atoms with E-state index < -0.39 is 11.7 Å². The number of anilines is 2. The number of halogens is 3. The van der Waals surface area contributed by atoms with Gasteiger partial charge < -0.3 is 10.7 Å². The molecule has 0 spiro atoms. The van der Waals surface area contributed by atoms with E-state index in [2.05, 4.69) is 31.7 Å². The minimum atomic E-state index is -0.501. The van der Waals surface area contributed by atoms with Gasteiger partial charge in [-0.3, -0.25) is 4.79 Å². The second-order valence-corrected chi connectivity index (χ2v) is 5.49. The first kappa shape index (κ1) is 15.7. The molecule has 0 fully saturated rings. The summed E-state index contributed by atoms with van der Waals surface area (Å²) in [4.78, 5) is 16.3. The highest BCUT2D eigenvalue weighted by Gasteiger charge is 2.14. The van der Waals surface area contributed by atoms with E-state index in [1.807, 2.05) is 0 Å². The van der Waals surface area contributed by atoms with Gasteiger partial charge in [-0.05, 0) is 47.1 Å². The molecule has 0 aliphatic carbocycles. The fourth-order valence-corrected chi connectivity index (χ4v) is 2.62. The van der Waals surface area contributed by atoms with E-state index in [0.717, 1.165) is 6.07 Å². The SMILES string of the molecule is Cc1cc(C(=O)Nc2c(Cl)cc(F)cc2Br)cc(NN)n1. The second kappa shape index (κ2) is 6.38. The summed E-state index contributed by atoms with van der Waals surface area (Å²) < 4.78 is 13.5. The average molecular weight is 374 g/mol. The third-order valence-corrected chi connectivity index (χ3v) is 3.53. The molecule has 4 N–H and O–H groups in total. The van der Waals surface area contributed by atoms with Crippen molar-refractivity contribution in [3.8, 4) is 0 Å². The summed E-state index contributed by atoms with van der Waals surface area (Å²) in [6.45, 7) is 1.73. The Morgan fingerprint density at radius 1 is 1.38 bits per heavy atom. The summed E-state index contributed by atoms with van der Waals surface area (Å²) >= 11 is 9.08. The zero-order valence-corrected chi connectivity index (χ0v) is 13.2. The lowest BCUT2D eigenvalue weighted by Crippen LogP contribution is -2.15. The van der Waals surface area contributed by atoms with Crippen LogP contribution < -0.4 is 16.6 Å². The highest BCUT2D eigenvalue weighted by atomic mass is 79.9. The van der Waals surface area contributed by atoms with Crippen molar-refractivity contribution in [1.82, 2.24) is 4.98 Å². The van der Waals surface area contributed by atoms with E-state index in [4.69, 9.17) is 17.4 Å². The van der Waals surface area contributed by atoms with Crippen LogP contribution in [0.15, 0.2) is 28.7 Å². The summed E-state index contributed by atoms with van der Waals surface area (Å²) in [6, 6.07) is 5.42. The van der Waals surface area contributed by atoms with Crippen molar-refractivity contribution < 1.29 is 9.18 Å². The predicted molar refractivity (Wildman–Crippen MR) is 83.8 cm³/mol. The normalized spacial score (nSPS) is 10.3. The first-order chi connectivity index (χ1) is 9.90. The molecule has 0 aliphatic rings. The van der Waals surface area contributed by atoms with Crippen LogP contribution in [0.2, 0.25) is 5.02 Å². The second-order valence-electron chi connectivity index (χ2n) is 4.23. The number of hydrogen-bond donors (Lipinski definition) is 3. The summed E-state index contributed by atoms with van der Waals surface area (Å²) in [5.74, 6) is 4.74. The number of aromatic nitrogens is 1. The molecule has 0 saturated heterocycles. The van der Waals surface area contributed by atoms with Gasteiger partial charge in [-0.1, -0.05) is 11.6 Å². The molecule has 1 amide bonds. The highest BCUT2D eigenvalue weighted by Crippen LogP contribution is 2.32. The van der Waals surface area contributed by atoms with Gasteiger partial charge in [0, 0.05) is 15.7 Å². The third kappa shape index (κ3) is 3.69. The number of hydrazine groups is 1. The van der Waals surface area contributed by atoms with E-state index in [-0.39, 0.29) is 5.02 Å². The summed E-state index contributed by atoms with van der Waals surface area (Å²) in [5.41, 5.74) is 3.65. The quantitative estimate of drug-likeness (QED) is 0.568. The largest absolute Gasteiger partial charge is 0.320 e. The van der Waals surface area contributed by atoms with Crippen molar-refractivity contribution in [3.05, 3.63) is 50.8 Å². The number of carbonyl (C=O) groups excluding carboxylic acids is 1. The fourth-order valence-electron chi connectivity index (χ4n) is 1.72. The first-order valence-corrected chi connectivity index (χ1v) is 6.99. The topological polar surface area (TPSA) is 80.0 Å². The van der Waals surface area contributed by atoms with Crippen molar-refractivity contribution >= 4 is 44.9 Å². The molecule has 1 heterocycles. The van der Waals surface area contributed by atoms with Crippen LogP contribution in [0.25, 0.3) is 0 Å². The Kier molecular flexibility index (Phi) is 4.76. The Morgan fingerprint density at radius 2 is 2.10 bits per heavy atom. The van der Waals surface area contributed by atoms with Crippen molar-refractivity contribution in [2.45, 2.75) is 6.92 Å². The number of nitrogens with two attached hydrogens (primary N) is 1. The Morgan fingerprint density at radius 3 is 2.71 bits per heavy atom. The van der Waals surface area contributed by atoms with Crippen molar-refractivity contribution in [1.29, 1.82) is 0 Å². The molecule has 0 aliphatic heterocycles. The summed E-state index contributed by atoms with van der Waals surface area (Å²) in [7, 11) is 0. The van der Waals surface area contributed by atoms with Crippen LogP contribution in [0, 0.1) is 12.7 Å². The van der Waals surface area contributed by atoms with Crippen LogP contribution in [0.1, 0.15) is 16.1 Å². The third-order valence-electron chi connectivity index (χ3n) is 2.61. The van der Waals surface area contributed by atoms with Gasteiger partial charge in [0.1, 0.15) is 11.6 Å². The maximum absolute atomic E-state index is 13.2. The molecule has 1 aromatic carbocycles. The predicted octanol–water partition coefficient (Wildman–Crippen LogP) is 3.48. The van der Waals surface area contributed by atoms with Crippen LogP contribution in [0.4, 0.5) is 15.9 Å². The van der Waals surface area contributed by atoms with Crippen molar-refractivity contribution in [2.24, 2.45) is 5.84 Å². The Hall–Kier alpha value is -1.70. The molecule has 5 nitrogen and oxygen atoms in total. The van der Waals surface area contributed by atoms with Crippen LogP contribution in [0.3, 0.4) is 0 Å². The molecular weight excluding hydrogens is 363 g/mol. The van der Waals surface area contributed by atoms with E-state index in [1.165, 1.54) is 12.1 Å². The van der Waals surface area contributed by atoms with Gasteiger partial charge in [0.05, 0.1) is 10.7 Å². The smallest absolute Gasteiger partial charge is 0.255 e. The van der Waals surface area contributed by atoms with Gasteiger partial charge in [0.2, 0.25) is 0 Å². The number of hydrogen-bond acceptors (Lipinski definition) is 4. The van der Waals surface area contributed by atoms with Crippen LogP contribution in [-0.2, 0) is 0 Å². The molecule has 110 valence electrons. The maximum atomic E-state index is 13.2. The molecule has 2 rings (SSSR count). The lowest BCUT2D eigenvalue weighted by molar-refractivity contribution is 0.102. The zero-order valence-electron chi connectivity index (χ0n) is 10.9. The van der Waals surface area contributed by atoms with E-state index in [0.29, 0.717) is 27.2 Å². The fraction of sp³-hybridized carbons (Fsp3) is 0.0769. The van der Waals surface area contributed by atoms with E-state index in [9.17, 15) is 9.18 Å². The molecular formula is C13H11BrClFN4O. The first-order valence-electron chi connectivity index (χ1n) is 5.82. The highest BCUT2D eigenvalue weighted by molar-refractivity contribution is 9.10. The van der Waals surface area contributed by atoms with Gasteiger partial charge in [-0.25, -0.2) is 15.2 Å². The molecule has 0 saturated carbocycles. The van der Waals surface area contributed by atoms with Crippen molar-refractivity contribution in [3.63, 3.8) is 0 Å². The lowest BCUT2D eigenvalue weighted by Gasteiger charge is -2.11. The van der Waals surface area contributed by atoms with Crippen LogP contribution in [-0.4, -0.2) is 10.9 Å². The zero-order chi connectivity index (χ0) is 15.6. The van der Waals surface area contributed by atoms with Gasteiger partial charge in [-0.15, -0.1) is 0 Å². The molecule has 1 aromatic heterocycles. The molecule has 0 unspecified atom stereocenters. The standard InChI is InChI=1S/C13H11BrClFN4O/c1-6-2-7(3-11(18-6)20-17)13(21)19-12-9(14)4-8(16)5-10(12)15/h2-5H,17H2,1H3,(H,18,20)(H,19,21). The number of nitrogens with zero attached hydrogens (tertiary/aromatic N) is 1. The minimum absolute atomic E-state index is 0.0955. The molecule has 21 heavy (non-hydrogen) atoms.